The smallest absolute Gasteiger partial charge is 0.254 e. The Morgan fingerprint density at radius 1 is 1.37 bits per heavy atom. The molecule has 1 fully saturated rings. The number of benzene rings is 1. The van der Waals surface area contributed by atoms with Gasteiger partial charge in [-0.05, 0) is 71.2 Å². The Morgan fingerprint density at radius 3 is 2.83 bits per heavy atom. The molecule has 0 bridgehead atoms. The second kappa shape index (κ2) is 10.6. The molecule has 7 heteroatoms. The average Bonchev–Trinajstić information content (AvgIpc) is 2.74. The fourth-order valence-electron chi connectivity index (χ4n) is 4.33. The van der Waals surface area contributed by atoms with Crippen LogP contribution in [0.2, 0.25) is 0 Å². The van der Waals surface area contributed by atoms with Crippen LogP contribution in [0, 0.1) is 0 Å². The molecule has 2 amide bonds. The van der Waals surface area contributed by atoms with Gasteiger partial charge < -0.3 is 19.9 Å². The minimum atomic E-state index is -0.109. The summed E-state index contributed by atoms with van der Waals surface area (Å²) in [6.45, 7) is 9.31. The number of hydrogen-bond acceptors (Lipinski definition) is 5. The second-order valence-electron chi connectivity index (χ2n) is 8.44. The van der Waals surface area contributed by atoms with E-state index in [1.165, 1.54) is 0 Å². The highest BCUT2D eigenvalue weighted by atomic mass is 32.2. The number of methoxy groups -OCH3 is 1. The van der Waals surface area contributed by atoms with Crippen LogP contribution in [0.1, 0.15) is 56.8 Å². The molecule has 1 aromatic carbocycles. The molecule has 0 aromatic heterocycles. The molecule has 30 heavy (non-hydrogen) atoms. The van der Waals surface area contributed by atoms with Gasteiger partial charge in [-0.3, -0.25) is 9.59 Å². The van der Waals surface area contributed by atoms with Crippen molar-refractivity contribution in [2.45, 2.75) is 68.7 Å². The summed E-state index contributed by atoms with van der Waals surface area (Å²) >= 11 is 1.58. The maximum atomic E-state index is 13.5. The molecule has 2 heterocycles. The van der Waals surface area contributed by atoms with E-state index in [-0.39, 0.29) is 29.1 Å². The Balaban J connectivity index is 1.85. The Labute approximate surface area is 184 Å². The van der Waals surface area contributed by atoms with Crippen LogP contribution >= 0.6 is 11.8 Å². The van der Waals surface area contributed by atoms with Gasteiger partial charge in [0.2, 0.25) is 5.91 Å². The van der Waals surface area contributed by atoms with Crippen LogP contribution in [0.25, 0.3) is 0 Å². The molecule has 0 radical (unpaired) electrons. The lowest BCUT2D eigenvalue weighted by atomic mass is 10.0. The van der Waals surface area contributed by atoms with Crippen molar-refractivity contribution in [3.8, 4) is 0 Å². The third-order valence-corrected chi connectivity index (χ3v) is 7.00. The van der Waals surface area contributed by atoms with Gasteiger partial charge in [-0.15, -0.1) is 11.8 Å². The van der Waals surface area contributed by atoms with Crippen molar-refractivity contribution in [2.75, 3.05) is 38.3 Å². The zero-order chi connectivity index (χ0) is 21.7. The number of unbranched alkanes of at least 4 members (excludes halogenated alkanes) is 1. The molecule has 2 aliphatic rings. The number of carbonyl (C=O) groups excluding carboxylic acids is 2. The molecule has 0 saturated carbocycles. The van der Waals surface area contributed by atoms with E-state index in [1.807, 2.05) is 34.9 Å². The average molecular weight is 434 g/mol. The fraction of sp³-hybridized carbons (Fsp3) is 0.652. The number of piperidine rings is 1. The molecule has 2 aliphatic heterocycles. The van der Waals surface area contributed by atoms with Crippen LogP contribution in [-0.4, -0.2) is 67.4 Å². The van der Waals surface area contributed by atoms with Crippen molar-refractivity contribution < 1.29 is 14.3 Å². The molecule has 166 valence electrons. The lowest BCUT2D eigenvalue weighted by molar-refractivity contribution is -0.118. The molecule has 2 atom stereocenters. The number of ether oxygens (including phenoxy) is 1. The van der Waals surface area contributed by atoms with E-state index < -0.39 is 0 Å². The van der Waals surface area contributed by atoms with Gasteiger partial charge in [0.15, 0.2) is 0 Å². The van der Waals surface area contributed by atoms with Gasteiger partial charge in [-0.2, -0.15) is 0 Å². The largest absolute Gasteiger partial charge is 0.385 e. The predicted octanol–water partition coefficient (Wildman–Crippen LogP) is 3.54. The van der Waals surface area contributed by atoms with E-state index in [2.05, 4.69) is 19.2 Å². The van der Waals surface area contributed by atoms with E-state index in [4.69, 9.17) is 4.74 Å². The van der Waals surface area contributed by atoms with Crippen LogP contribution < -0.4 is 10.2 Å². The highest BCUT2D eigenvalue weighted by Crippen LogP contribution is 2.40. The zero-order valence-corrected chi connectivity index (χ0v) is 19.5. The van der Waals surface area contributed by atoms with Crippen molar-refractivity contribution in [2.24, 2.45) is 0 Å². The third-order valence-electron chi connectivity index (χ3n) is 5.85. The van der Waals surface area contributed by atoms with Crippen molar-refractivity contribution in [3.05, 3.63) is 23.8 Å². The van der Waals surface area contributed by atoms with Gasteiger partial charge in [0.05, 0.1) is 10.9 Å². The van der Waals surface area contributed by atoms with E-state index in [9.17, 15) is 9.59 Å². The number of carbonyl (C=O) groups is 2. The summed E-state index contributed by atoms with van der Waals surface area (Å²) in [5.74, 6) is 0.170. The SMILES string of the molecule is COCCCCN1C(=O)C(C)Sc2ccc(C(=O)N(C(C)C)C3CCCNC3)cc21. The second-order valence-corrected chi connectivity index (χ2v) is 9.82. The standard InChI is InChI=1S/C23H35N3O3S/c1-16(2)26(19-8-7-11-24-15-19)23(28)18-9-10-21-20(14-18)25(12-5-6-13-29-4)22(27)17(3)30-21/h9-10,14,16-17,19,24H,5-8,11-13,15H2,1-4H3. The predicted molar refractivity (Wildman–Crippen MR) is 122 cm³/mol. The van der Waals surface area contributed by atoms with Gasteiger partial charge in [-0.1, -0.05) is 0 Å². The number of rotatable bonds is 8. The first-order valence-electron chi connectivity index (χ1n) is 11.1. The molecular formula is C23H35N3O3S. The summed E-state index contributed by atoms with van der Waals surface area (Å²) in [6.07, 6.45) is 3.90. The maximum absolute atomic E-state index is 13.5. The number of amides is 2. The van der Waals surface area contributed by atoms with E-state index in [0.29, 0.717) is 18.7 Å². The lowest BCUT2D eigenvalue weighted by Crippen LogP contribution is -2.51. The van der Waals surface area contributed by atoms with Gasteiger partial charge in [0.25, 0.3) is 5.91 Å². The molecule has 1 N–H and O–H groups in total. The van der Waals surface area contributed by atoms with E-state index >= 15 is 0 Å². The Kier molecular flexibility index (Phi) is 8.20. The molecule has 0 aliphatic carbocycles. The van der Waals surface area contributed by atoms with Crippen molar-refractivity contribution in [1.29, 1.82) is 0 Å². The first-order valence-corrected chi connectivity index (χ1v) is 12.0. The molecule has 1 aromatic rings. The Hall–Kier alpha value is -1.57. The van der Waals surface area contributed by atoms with Crippen molar-refractivity contribution in [3.63, 3.8) is 0 Å². The number of fused-ring (bicyclic) bond motifs is 1. The van der Waals surface area contributed by atoms with Gasteiger partial charge in [-0.25, -0.2) is 0 Å². The molecule has 3 rings (SSSR count). The summed E-state index contributed by atoms with van der Waals surface area (Å²) in [5, 5.41) is 3.31. The van der Waals surface area contributed by atoms with Crippen LogP contribution in [0.4, 0.5) is 5.69 Å². The lowest BCUT2D eigenvalue weighted by Gasteiger charge is -2.38. The Morgan fingerprint density at radius 2 is 2.17 bits per heavy atom. The highest BCUT2D eigenvalue weighted by molar-refractivity contribution is 8.01. The summed E-state index contributed by atoms with van der Waals surface area (Å²) in [4.78, 5) is 31.3. The third kappa shape index (κ3) is 5.18. The van der Waals surface area contributed by atoms with E-state index in [0.717, 1.165) is 49.4 Å². The molecule has 6 nitrogen and oxygen atoms in total. The van der Waals surface area contributed by atoms with Crippen molar-refractivity contribution >= 4 is 29.3 Å². The summed E-state index contributed by atoms with van der Waals surface area (Å²) in [6, 6.07) is 6.20. The van der Waals surface area contributed by atoms with Gasteiger partial charge in [0.1, 0.15) is 0 Å². The van der Waals surface area contributed by atoms with Crippen molar-refractivity contribution in [1.82, 2.24) is 10.2 Å². The summed E-state index contributed by atoms with van der Waals surface area (Å²) in [7, 11) is 1.69. The number of nitrogens with one attached hydrogen (secondary N) is 1. The number of hydrogen-bond donors (Lipinski definition) is 1. The number of nitrogens with zero attached hydrogens (tertiary/aromatic N) is 2. The topological polar surface area (TPSA) is 61.9 Å². The van der Waals surface area contributed by atoms with Crippen LogP contribution in [0.5, 0.6) is 0 Å². The fourth-order valence-corrected chi connectivity index (χ4v) is 5.37. The Bertz CT molecular complexity index is 749. The summed E-state index contributed by atoms with van der Waals surface area (Å²) < 4.78 is 5.14. The summed E-state index contributed by atoms with van der Waals surface area (Å²) in [5.41, 5.74) is 1.54. The van der Waals surface area contributed by atoms with Gasteiger partial charge in [0, 0.05) is 49.3 Å². The van der Waals surface area contributed by atoms with Gasteiger partial charge >= 0.3 is 0 Å². The minimum absolute atomic E-state index is 0.0527. The quantitative estimate of drug-likeness (QED) is 0.636. The molecule has 2 unspecified atom stereocenters. The molecule has 1 saturated heterocycles. The number of thioether (sulfide) groups is 1. The monoisotopic (exact) mass is 433 g/mol. The first kappa shape index (κ1) is 23.1. The number of anilines is 1. The normalized spacial score (nSPS) is 21.6. The molecule has 0 spiro atoms. The van der Waals surface area contributed by atoms with Crippen LogP contribution in [0.15, 0.2) is 23.1 Å². The zero-order valence-electron chi connectivity index (χ0n) is 18.6. The first-order chi connectivity index (χ1) is 14.4. The van der Waals surface area contributed by atoms with E-state index in [1.54, 1.807) is 18.9 Å². The maximum Gasteiger partial charge on any atom is 0.254 e. The van der Waals surface area contributed by atoms with Crippen LogP contribution in [-0.2, 0) is 9.53 Å². The van der Waals surface area contributed by atoms with Crippen LogP contribution in [0.3, 0.4) is 0 Å². The minimum Gasteiger partial charge on any atom is -0.385 e. The highest BCUT2D eigenvalue weighted by Gasteiger charge is 2.33. The molecular weight excluding hydrogens is 398 g/mol.